The second-order valence-electron chi connectivity index (χ2n) is 11.8. The SMILES string of the molecule is c1ccc(C2=NC(c3ccccc3)NC(c3cccc4c3oc3c(-c5ccc(-c6cccc7ccccc67)cc5)cccc34)=N2)cc1. The van der Waals surface area contributed by atoms with Crippen LogP contribution in [-0.2, 0) is 0 Å². The number of benzene rings is 7. The number of amidine groups is 2. The molecule has 0 bridgehead atoms. The van der Waals surface area contributed by atoms with Crippen molar-refractivity contribution in [2.45, 2.75) is 6.17 Å². The largest absolute Gasteiger partial charge is 0.455 e. The van der Waals surface area contributed by atoms with E-state index in [9.17, 15) is 0 Å². The molecule has 0 spiro atoms. The first-order valence-corrected chi connectivity index (χ1v) is 15.9. The lowest BCUT2D eigenvalue weighted by molar-refractivity contribution is 0.660. The molecular weight excluding hydrogens is 574 g/mol. The molecule has 0 amide bonds. The summed E-state index contributed by atoms with van der Waals surface area (Å²) < 4.78 is 6.82. The van der Waals surface area contributed by atoms with E-state index in [1.165, 1.54) is 21.9 Å². The van der Waals surface area contributed by atoms with Crippen LogP contribution in [0, 0.1) is 0 Å². The van der Waals surface area contributed by atoms with Gasteiger partial charge < -0.3 is 9.73 Å². The van der Waals surface area contributed by atoms with Crippen LogP contribution in [0.5, 0.6) is 0 Å². The number of para-hydroxylation sites is 2. The third-order valence-corrected chi connectivity index (χ3v) is 8.97. The maximum absolute atomic E-state index is 6.82. The fraction of sp³-hybridized carbons (Fsp3) is 0.0233. The van der Waals surface area contributed by atoms with Gasteiger partial charge in [0.25, 0.3) is 0 Å². The van der Waals surface area contributed by atoms with Crippen molar-refractivity contribution in [1.82, 2.24) is 5.32 Å². The summed E-state index contributed by atoms with van der Waals surface area (Å²) in [6.07, 6.45) is -0.283. The van der Waals surface area contributed by atoms with Crippen LogP contribution in [0.3, 0.4) is 0 Å². The van der Waals surface area contributed by atoms with Gasteiger partial charge in [-0.15, -0.1) is 0 Å². The molecule has 1 aliphatic heterocycles. The molecule has 1 N–H and O–H groups in total. The van der Waals surface area contributed by atoms with Gasteiger partial charge >= 0.3 is 0 Å². The minimum Gasteiger partial charge on any atom is -0.455 e. The third-order valence-electron chi connectivity index (χ3n) is 8.97. The topological polar surface area (TPSA) is 49.9 Å². The number of aliphatic imine (C=N–C) groups is 2. The van der Waals surface area contributed by atoms with Crippen molar-refractivity contribution in [2.24, 2.45) is 9.98 Å². The maximum Gasteiger partial charge on any atom is 0.159 e. The van der Waals surface area contributed by atoms with E-state index in [1.54, 1.807) is 0 Å². The van der Waals surface area contributed by atoms with Gasteiger partial charge in [0.05, 0.1) is 5.56 Å². The van der Waals surface area contributed by atoms with Crippen molar-refractivity contribution < 1.29 is 4.42 Å². The molecule has 7 aromatic carbocycles. The molecule has 4 nitrogen and oxygen atoms in total. The average Bonchev–Trinajstić information content (AvgIpc) is 3.54. The van der Waals surface area contributed by atoms with Crippen molar-refractivity contribution in [3.63, 3.8) is 0 Å². The average molecular weight is 604 g/mol. The first-order valence-electron chi connectivity index (χ1n) is 15.9. The molecule has 1 atom stereocenters. The van der Waals surface area contributed by atoms with Crippen LogP contribution in [0.15, 0.2) is 178 Å². The first-order chi connectivity index (χ1) is 23.3. The Bertz CT molecular complexity index is 2470. The van der Waals surface area contributed by atoms with E-state index in [0.29, 0.717) is 5.84 Å². The Morgan fingerprint density at radius 1 is 0.447 bits per heavy atom. The van der Waals surface area contributed by atoms with Crippen LogP contribution in [0.25, 0.3) is 55.0 Å². The molecule has 1 aromatic heterocycles. The predicted molar refractivity (Wildman–Crippen MR) is 194 cm³/mol. The molecule has 2 heterocycles. The smallest absolute Gasteiger partial charge is 0.159 e. The lowest BCUT2D eigenvalue weighted by atomic mass is 9.95. The van der Waals surface area contributed by atoms with Gasteiger partial charge in [-0.2, -0.15) is 0 Å². The zero-order valence-corrected chi connectivity index (χ0v) is 25.5. The molecule has 0 aliphatic carbocycles. The summed E-state index contributed by atoms with van der Waals surface area (Å²) in [5, 5.41) is 8.23. The second kappa shape index (κ2) is 11.3. The van der Waals surface area contributed by atoms with Gasteiger partial charge in [0.2, 0.25) is 0 Å². The standard InChI is InChI=1S/C43H29N3O/c1-3-13-31(14-4-1)41-44-42(32-15-5-2-6-16-32)46-43(45-41)38-23-11-22-37-36-21-10-20-35(39(36)47-40(37)38)30-26-24-29(25-27-30)34-19-9-17-28-12-7-8-18-33(28)34/h1-27,41H,(H,44,45,46). The molecule has 222 valence electrons. The number of rotatable bonds is 5. The highest BCUT2D eigenvalue weighted by Gasteiger charge is 2.24. The summed E-state index contributed by atoms with van der Waals surface area (Å²) in [5.74, 6) is 1.42. The van der Waals surface area contributed by atoms with Crippen LogP contribution < -0.4 is 5.32 Å². The van der Waals surface area contributed by atoms with Gasteiger partial charge in [-0.05, 0) is 39.1 Å². The lowest BCUT2D eigenvalue weighted by Gasteiger charge is -2.23. The number of nitrogens with zero attached hydrogens (tertiary/aromatic N) is 2. The Morgan fingerprint density at radius 2 is 1.00 bits per heavy atom. The predicted octanol–water partition coefficient (Wildman–Crippen LogP) is 10.6. The molecule has 0 fully saturated rings. The Balaban J connectivity index is 1.15. The molecule has 0 saturated carbocycles. The normalized spacial score (nSPS) is 14.6. The van der Waals surface area contributed by atoms with Crippen LogP contribution >= 0.6 is 0 Å². The molecular formula is C43H29N3O. The first kappa shape index (κ1) is 27.1. The van der Waals surface area contributed by atoms with E-state index in [4.69, 9.17) is 14.4 Å². The monoisotopic (exact) mass is 603 g/mol. The fourth-order valence-electron chi connectivity index (χ4n) is 6.65. The molecule has 1 aliphatic rings. The number of hydrogen-bond acceptors (Lipinski definition) is 4. The van der Waals surface area contributed by atoms with E-state index in [1.807, 2.05) is 48.5 Å². The third kappa shape index (κ3) is 4.79. The van der Waals surface area contributed by atoms with Crippen LogP contribution in [0.1, 0.15) is 22.9 Å². The second-order valence-corrected chi connectivity index (χ2v) is 11.8. The molecule has 0 radical (unpaired) electrons. The number of fused-ring (bicyclic) bond motifs is 4. The summed E-state index contributed by atoms with van der Waals surface area (Å²) in [6, 6.07) is 56.9. The minimum atomic E-state index is -0.283. The molecule has 47 heavy (non-hydrogen) atoms. The molecule has 0 saturated heterocycles. The van der Waals surface area contributed by atoms with Gasteiger partial charge in [-0.1, -0.05) is 158 Å². The molecule has 8 aromatic rings. The molecule has 4 heteroatoms. The Labute approximate surface area is 272 Å². The van der Waals surface area contributed by atoms with E-state index in [2.05, 4.69) is 121 Å². The summed E-state index contributed by atoms with van der Waals surface area (Å²) in [4.78, 5) is 10.1. The number of furan rings is 1. The highest BCUT2D eigenvalue weighted by molar-refractivity contribution is 6.20. The summed E-state index contributed by atoms with van der Waals surface area (Å²) >= 11 is 0. The number of nitrogens with one attached hydrogen (secondary N) is 1. The van der Waals surface area contributed by atoms with Crippen molar-refractivity contribution >= 4 is 44.4 Å². The van der Waals surface area contributed by atoms with Crippen LogP contribution in [0.2, 0.25) is 0 Å². The highest BCUT2D eigenvalue weighted by Crippen LogP contribution is 2.38. The Morgan fingerprint density at radius 3 is 1.77 bits per heavy atom. The van der Waals surface area contributed by atoms with Gasteiger partial charge in [0.1, 0.15) is 23.2 Å². The van der Waals surface area contributed by atoms with Gasteiger partial charge in [0.15, 0.2) is 5.84 Å². The zero-order valence-electron chi connectivity index (χ0n) is 25.5. The van der Waals surface area contributed by atoms with Crippen molar-refractivity contribution in [2.75, 3.05) is 0 Å². The molecule has 9 rings (SSSR count). The minimum absolute atomic E-state index is 0.283. The summed E-state index contributed by atoms with van der Waals surface area (Å²) in [5.41, 5.74) is 9.19. The van der Waals surface area contributed by atoms with Gasteiger partial charge in [-0.3, -0.25) is 0 Å². The van der Waals surface area contributed by atoms with Crippen molar-refractivity contribution in [3.05, 3.63) is 180 Å². The quantitative estimate of drug-likeness (QED) is 0.213. The highest BCUT2D eigenvalue weighted by atomic mass is 16.3. The van der Waals surface area contributed by atoms with Crippen LogP contribution in [0.4, 0.5) is 0 Å². The fourth-order valence-corrected chi connectivity index (χ4v) is 6.65. The maximum atomic E-state index is 6.82. The van der Waals surface area contributed by atoms with Crippen molar-refractivity contribution in [1.29, 1.82) is 0 Å². The summed E-state index contributed by atoms with van der Waals surface area (Å²) in [7, 11) is 0. The lowest BCUT2D eigenvalue weighted by Crippen LogP contribution is -2.33. The van der Waals surface area contributed by atoms with E-state index < -0.39 is 0 Å². The van der Waals surface area contributed by atoms with E-state index in [0.717, 1.165) is 55.6 Å². The molecule has 1 unspecified atom stereocenters. The van der Waals surface area contributed by atoms with Crippen LogP contribution in [-0.4, -0.2) is 11.7 Å². The Hall–Kier alpha value is -6.26. The van der Waals surface area contributed by atoms with Gasteiger partial charge in [0, 0.05) is 21.9 Å². The Kier molecular flexibility index (Phi) is 6.50. The van der Waals surface area contributed by atoms with Crippen molar-refractivity contribution in [3.8, 4) is 22.3 Å². The van der Waals surface area contributed by atoms with E-state index >= 15 is 0 Å². The van der Waals surface area contributed by atoms with E-state index in [-0.39, 0.29) is 6.17 Å². The number of hydrogen-bond donors (Lipinski definition) is 1. The summed E-state index contributed by atoms with van der Waals surface area (Å²) in [6.45, 7) is 0. The zero-order chi connectivity index (χ0) is 31.2. The van der Waals surface area contributed by atoms with Gasteiger partial charge in [-0.25, -0.2) is 9.98 Å².